The van der Waals surface area contributed by atoms with E-state index in [2.05, 4.69) is 0 Å². The van der Waals surface area contributed by atoms with E-state index in [0.29, 0.717) is 0 Å². The van der Waals surface area contributed by atoms with Crippen LogP contribution in [0.3, 0.4) is 0 Å². The molecule has 0 N–H and O–H groups in total. The summed E-state index contributed by atoms with van der Waals surface area (Å²) >= 11 is 0. The van der Waals surface area contributed by atoms with Crippen molar-refractivity contribution in [2.24, 2.45) is 0 Å². The van der Waals surface area contributed by atoms with E-state index in [1.54, 1.807) is 0 Å². The Morgan fingerprint density at radius 3 is 0.550 bits per heavy atom. The number of hydrogen-bond acceptors (Lipinski definition) is 7. The van der Waals surface area contributed by atoms with E-state index in [4.69, 9.17) is 43.4 Å². The van der Waals surface area contributed by atoms with Crippen LogP contribution in [0.1, 0.15) is 0 Å². The van der Waals surface area contributed by atoms with Crippen molar-refractivity contribution < 1.29 is 268 Å². The van der Waals surface area contributed by atoms with Gasteiger partial charge in [0.15, 0.2) is 0 Å². The average molecular weight is 433 g/mol. The molecule has 0 aromatic carbocycles. The maximum atomic E-state index is 8.58. The van der Waals surface area contributed by atoms with Crippen molar-refractivity contribution in [2.75, 3.05) is 0 Å². The predicted octanol–water partition coefficient (Wildman–Crippen LogP) is -14.8. The van der Waals surface area contributed by atoms with Crippen LogP contribution in [0, 0.1) is 73.2 Å². The Hall–Kier alpha value is 5.13. The van der Waals surface area contributed by atoms with Crippen LogP contribution in [0.4, 0.5) is 0 Å². The normalized spacial score (nSPS) is 8.80. The SMILES string of the molecule is N#[C][Fe-4]([C]#N)([C]#N)([C]#N)([C]#N)[C]#N.[C-]#N.[K+].[K+].[K+].[K+].[K+]. The molecule has 0 spiro atoms. The number of nitrogens with zero attached hydrogens (tertiary/aromatic N) is 7. The molecule has 0 rings (SSSR count). The largest absolute Gasteiger partial charge is 1.00 e. The summed E-state index contributed by atoms with van der Waals surface area (Å²) in [7, 11) is -6.17. The summed E-state index contributed by atoms with van der Waals surface area (Å²) in [5.41, 5.74) is 0. The zero-order valence-electron chi connectivity index (χ0n) is 12.0. The van der Waals surface area contributed by atoms with Crippen LogP contribution in [0.5, 0.6) is 0 Å². The smallest absolute Gasteiger partial charge is 0.512 e. The third-order valence-electron chi connectivity index (χ3n) is 1.19. The third-order valence-corrected chi connectivity index (χ3v) is 4.89. The summed E-state index contributed by atoms with van der Waals surface area (Å²) < 4.78 is 0. The van der Waals surface area contributed by atoms with Gasteiger partial charge < -0.3 is 11.8 Å². The summed E-state index contributed by atoms with van der Waals surface area (Å²) in [6, 6.07) is 0. The maximum Gasteiger partial charge on any atom is 1.00 e. The third kappa shape index (κ3) is 9.18. The first-order valence-electron chi connectivity index (χ1n) is 2.63. The average Bonchev–Trinajstić information content (AvgIpc) is 2.39. The fourth-order valence-electron chi connectivity index (χ4n) is 0.265. The molecule has 0 radical (unpaired) electrons. The van der Waals surface area contributed by atoms with E-state index in [-0.39, 0.29) is 257 Å². The van der Waals surface area contributed by atoms with E-state index in [1.807, 2.05) is 0 Å². The molecule has 0 saturated carbocycles. The number of nitriles is 6. The minimum Gasteiger partial charge on any atom is -0.512 e. The van der Waals surface area contributed by atoms with Gasteiger partial charge in [-0.2, -0.15) is 0 Å². The zero-order chi connectivity index (χ0) is 12.7. The Labute approximate surface area is 329 Å². The molecule has 0 fully saturated rings. The van der Waals surface area contributed by atoms with Gasteiger partial charge in [0.2, 0.25) is 0 Å². The fraction of sp³-hybridized carbons (Fsp3) is 0. The fourth-order valence-corrected chi connectivity index (χ4v) is 1.09. The van der Waals surface area contributed by atoms with Gasteiger partial charge in [-0.15, -0.1) is 0 Å². The molecule has 0 unspecified atom stereocenters. The zero-order valence-corrected chi connectivity index (χ0v) is 28.7. The molecule has 0 aromatic rings. The molecule has 0 bridgehead atoms. The van der Waals surface area contributed by atoms with Crippen molar-refractivity contribution in [3.8, 4) is 29.8 Å². The molecule has 0 atom stereocenters. The van der Waals surface area contributed by atoms with E-state index in [9.17, 15) is 0 Å². The molecule has 0 aliphatic heterocycles. The van der Waals surface area contributed by atoms with Crippen molar-refractivity contribution in [2.45, 2.75) is 0 Å². The Bertz CT molecular complexity index is 444. The second kappa shape index (κ2) is 18.9. The first-order chi connectivity index (χ1) is 6.97. The first kappa shape index (κ1) is 44.5. The molecule has 0 heterocycles. The molecular weight excluding hydrogens is 433 g/mol. The van der Waals surface area contributed by atoms with Crippen LogP contribution in [-0.2, 0) is 10.7 Å². The van der Waals surface area contributed by atoms with Crippen LogP contribution in [0.25, 0.3) is 0 Å². The van der Waals surface area contributed by atoms with E-state index >= 15 is 0 Å². The quantitative estimate of drug-likeness (QED) is 0.270. The summed E-state index contributed by atoms with van der Waals surface area (Å²) in [5, 5.41) is 57.7. The van der Waals surface area contributed by atoms with Gasteiger partial charge in [-0.25, -0.2) is 0 Å². The van der Waals surface area contributed by atoms with Gasteiger partial charge in [-0.1, -0.05) is 0 Å². The molecule has 13 heteroatoms. The van der Waals surface area contributed by atoms with Crippen LogP contribution in [-0.4, -0.2) is 0 Å². The van der Waals surface area contributed by atoms with Gasteiger partial charge in [-0.3, -0.25) is 0 Å². The Morgan fingerprint density at radius 1 is 0.450 bits per heavy atom. The minimum absolute atomic E-state index is 0. The van der Waals surface area contributed by atoms with E-state index in [0.717, 1.165) is 29.8 Å². The molecule has 0 aliphatic rings. The summed E-state index contributed by atoms with van der Waals surface area (Å²) in [6.07, 6.45) is 0. The van der Waals surface area contributed by atoms with E-state index < -0.39 is 10.7 Å². The van der Waals surface area contributed by atoms with Gasteiger partial charge >= 0.3 is 329 Å². The topological polar surface area (TPSA) is 167 Å². The van der Waals surface area contributed by atoms with Crippen molar-refractivity contribution in [3.63, 3.8) is 0 Å². The minimum atomic E-state index is -6.17. The molecule has 0 saturated heterocycles. The van der Waals surface area contributed by atoms with Crippen LogP contribution >= 0.6 is 0 Å². The maximum absolute atomic E-state index is 8.58. The number of rotatable bonds is 0. The van der Waals surface area contributed by atoms with Gasteiger partial charge in [0.05, 0.1) is 0 Å². The van der Waals surface area contributed by atoms with E-state index in [1.165, 1.54) is 0 Å². The Kier molecular flexibility index (Phi) is 42.1. The molecule has 0 amide bonds. The van der Waals surface area contributed by atoms with Gasteiger partial charge in [0.1, 0.15) is 0 Å². The first-order valence-corrected chi connectivity index (χ1v) is 5.94. The van der Waals surface area contributed by atoms with Gasteiger partial charge in [0.25, 0.3) is 0 Å². The Morgan fingerprint density at radius 2 is 0.550 bits per heavy atom. The summed E-state index contributed by atoms with van der Waals surface area (Å²) in [6.45, 7) is 4.75. The van der Waals surface area contributed by atoms with Crippen molar-refractivity contribution in [1.82, 2.24) is 0 Å². The molecule has 76 valence electrons. The summed E-state index contributed by atoms with van der Waals surface area (Å²) in [4.78, 5) is 6.19. The van der Waals surface area contributed by atoms with Crippen LogP contribution < -0.4 is 257 Å². The monoisotopic (exact) mass is 433 g/mol. The second-order valence-corrected chi connectivity index (χ2v) is 7.42. The predicted molar refractivity (Wildman–Crippen MR) is 38.6 cm³/mol. The standard InChI is InChI=1S/7CN.Fe.5K/c7*1-2;;;;;;/q;;;;;;-1;-4;5*+1. The molecule has 0 aliphatic carbocycles. The number of hydrogen-bond donors (Lipinski definition) is 0. The van der Waals surface area contributed by atoms with Crippen molar-refractivity contribution in [3.05, 3.63) is 6.57 Å². The van der Waals surface area contributed by atoms with Crippen molar-refractivity contribution >= 4 is 0 Å². The van der Waals surface area contributed by atoms with Crippen molar-refractivity contribution in [1.29, 1.82) is 36.8 Å². The molecule has 0 aromatic heterocycles. The summed E-state index contributed by atoms with van der Waals surface area (Å²) in [5.74, 6) is 0. The molecular formula is C7FeK5N7. The Balaban J connectivity index is -0.0000000460. The van der Waals surface area contributed by atoms with Crippen LogP contribution in [0.15, 0.2) is 0 Å². The van der Waals surface area contributed by atoms with Crippen LogP contribution in [0.2, 0.25) is 0 Å². The van der Waals surface area contributed by atoms with Gasteiger partial charge in [0, 0.05) is 0 Å². The van der Waals surface area contributed by atoms with Gasteiger partial charge in [-0.05, 0) is 0 Å². The second-order valence-electron chi connectivity index (χ2n) is 1.80. The molecule has 7 nitrogen and oxygen atoms in total. The molecule has 20 heavy (non-hydrogen) atoms.